The van der Waals surface area contributed by atoms with Gasteiger partial charge in [-0.15, -0.1) is 0 Å². The van der Waals surface area contributed by atoms with Crippen molar-refractivity contribution in [3.63, 3.8) is 0 Å². The Morgan fingerprint density at radius 1 is 1.00 bits per heavy atom. The van der Waals surface area contributed by atoms with E-state index in [-0.39, 0.29) is 0 Å². The van der Waals surface area contributed by atoms with Crippen molar-refractivity contribution in [3.05, 3.63) is 66.2 Å². The minimum Gasteiger partial charge on any atom is -0.494 e. The van der Waals surface area contributed by atoms with Gasteiger partial charge in [-0.3, -0.25) is 9.89 Å². The summed E-state index contributed by atoms with van der Waals surface area (Å²) in [6.07, 6.45) is 4.39. The number of hydrogen-bond acceptors (Lipinski definition) is 3. The van der Waals surface area contributed by atoms with E-state index in [9.17, 15) is 0 Å². The van der Waals surface area contributed by atoms with E-state index in [2.05, 4.69) is 50.9 Å². The number of para-hydroxylation sites is 1. The fraction of sp³-hybridized carbons (Fsp3) is 0.458. The van der Waals surface area contributed by atoms with Crippen LogP contribution in [0.4, 0.5) is 0 Å². The van der Waals surface area contributed by atoms with Crippen molar-refractivity contribution in [2.24, 2.45) is 4.99 Å². The number of benzene rings is 2. The Hall–Kier alpha value is -2.53. The molecule has 5 heteroatoms. The average Bonchev–Trinajstić information content (AvgIpc) is 2.78. The zero-order valence-electron chi connectivity index (χ0n) is 17.5. The highest BCUT2D eigenvalue weighted by molar-refractivity contribution is 5.79. The number of ether oxygens (including phenoxy) is 1. The number of aliphatic imine (C=N–C) groups is 1. The van der Waals surface area contributed by atoms with Gasteiger partial charge in [-0.05, 0) is 43.4 Å². The number of likely N-dealkylation sites (tertiary alicyclic amines) is 1. The summed E-state index contributed by atoms with van der Waals surface area (Å²) in [5, 5.41) is 7.02. The molecule has 0 aromatic heterocycles. The number of nitrogens with one attached hydrogen (secondary N) is 2. The van der Waals surface area contributed by atoms with E-state index in [1.54, 1.807) is 0 Å². The summed E-state index contributed by atoms with van der Waals surface area (Å²) in [4.78, 5) is 6.92. The first-order valence-corrected chi connectivity index (χ1v) is 10.7. The van der Waals surface area contributed by atoms with E-state index in [1.807, 2.05) is 37.4 Å². The van der Waals surface area contributed by atoms with Crippen LogP contribution in [-0.4, -0.2) is 50.2 Å². The van der Waals surface area contributed by atoms with Crippen molar-refractivity contribution in [3.8, 4) is 5.75 Å². The average molecular weight is 395 g/mol. The summed E-state index contributed by atoms with van der Waals surface area (Å²) >= 11 is 0. The van der Waals surface area contributed by atoms with Gasteiger partial charge in [0.1, 0.15) is 5.75 Å². The Morgan fingerprint density at radius 3 is 2.38 bits per heavy atom. The maximum Gasteiger partial charge on any atom is 0.191 e. The van der Waals surface area contributed by atoms with Crippen LogP contribution >= 0.6 is 0 Å². The molecule has 2 N–H and O–H groups in total. The second-order valence-electron chi connectivity index (χ2n) is 7.55. The van der Waals surface area contributed by atoms with Crippen LogP contribution < -0.4 is 15.4 Å². The number of guanidine groups is 1. The molecule has 0 atom stereocenters. The Morgan fingerprint density at radius 2 is 1.69 bits per heavy atom. The number of rotatable bonds is 9. The molecule has 0 saturated carbocycles. The van der Waals surface area contributed by atoms with Crippen LogP contribution in [0, 0.1) is 0 Å². The van der Waals surface area contributed by atoms with Gasteiger partial charge in [0.15, 0.2) is 5.96 Å². The largest absolute Gasteiger partial charge is 0.494 e. The maximum atomic E-state index is 5.74. The fourth-order valence-electron chi connectivity index (χ4n) is 3.61. The first-order valence-electron chi connectivity index (χ1n) is 10.7. The number of piperidine rings is 1. The SMILES string of the molecule is CN=C(NCCCCOc1ccccc1)NC1CCN(Cc2ccccc2)CC1. The molecule has 1 aliphatic rings. The van der Waals surface area contributed by atoms with Gasteiger partial charge in [0.2, 0.25) is 0 Å². The molecule has 0 aliphatic carbocycles. The zero-order chi connectivity index (χ0) is 20.2. The summed E-state index contributed by atoms with van der Waals surface area (Å²) in [6, 6.07) is 21.2. The van der Waals surface area contributed by atoms with Gasteiger partial charge in [-0.1, -0.05) is 48.5 Å². The fourth-order valence-corrected chi connectivity index (χ4v) is 3.61. The van der Waals surface area contributed by atoms with Crippen LogP contribution in [-0.2, 0) is 6.54 Å². The first-order chi connectivity index (χ1) is 14.3. The molecule has 5 nitrogen and oxygen atoms in total. The van der Waals surface area contributed by atoms with Gasteiger partial charge >= 0.3 is 0 Å². The highest BCUT2D eigenvalue weighted by atomic mass is 16.5. The molecule has 1 aliphatic heterocycles. The minimum atomic E-state index is 0.495. The number of hydrogen-bond donors (Lipinski definition) is 2. The predicted molar refractivity (Wildman–Crippen MR) is 120 cm³/mol. The third kappa shape index (κ3) is 7.78. The standard InChI is InChI=1S/C24H34N4O/c1-25-24(26-16-8-9-19-29-23-12-6-3-7-13-23)27-22-14-17-28(18-15-22)20-21-10-4-2-5-11-21/h2-7,10-13,22H,8-9,14-20H2,1H3,(H2,25,26,27). The Balaban J connectivity index is 1.26. The molecule has 2 aromatic rings. The Kier molecular flexibility index (Phi) is 8.86. The molecule has 0 spiro atoms. The second-order valence-corrected chi connectivity index (χ2v) is 7.55. The van der Waals surface area contributed by atoms with Crippen molar-refractivity contribution in [2.75, 3.05) is 33.3 Å². The van der Waals surface area contributed by atoms with Crippen LogP contribution in [0.15, 0.2) is 65.7 Å². The van der Waals surface area contributed by atoms with Crippen molar-refractivity contribution in [1.82, 2.24) is 15.5 Å². The highest BCUT2D eigenvalue weighted by Gasteiger charge is 2.19. The molecular formula is C24H34N4O. The van der Waals surface area contributed by atoms with Gasteiger partial charge in [-0.25, -0.2) is 0 Å². The van der Waals surface area contributed by atoms with E-state index >= 15 is 0 Å². The van der Waals surface area contributed by atoms with E-state index < -0.39 is 0 Å². The van der Waals surface area contributed by atoms with Gasteiger partial charge < -0.3 is 15.4 Å². The number of unbranched alkanes of at least 4 members (excludes halogenated alkanes) is 1. The van der Waals surface area contributed by atoms with Gasteiger partial charge in [0.25, 0.3) is 0 Å². The molecule has 1 fully saturated rings. The molecule has 0 unspecified atom stereocenters. The first kappa shape index (κ1) is 21.2. The molecule has 29 heavy (non-hydrogen) atoms. The number of nitrogens with zero attached hydrogens (tertiary/aromatic N) is 2. The van der Waals surface area contributed by atoms with E-state index in [1.165, 1.54) is 5.56 Å². The molecule has 0 amide bonds. The van der Waals surface area contributed by atoms with Crippen molar-refractivity contribution in [2.45, 2.75) is 38.3 Å². The summed E-state index contributed by atoms with van der Waals surface area (Å²) in [5.74, 6) is 1.85. The van der Waals surface area contributed by atoms with Crippen LogP contribution in [0.5, 0.6) is 5.75 Å². The molecule has 1 heterocycles. The monoisotopic (exact) mass is 394 g/mol. The Bertz CT molecular complexity index is 712. The van der Waals surface area contributed by atoms with Crippen LogP contribution in [0.25, 0.3) is 0 Å². The van der Waals surface area contributed by atoms with Crippen molar-refractivity contribution < 1.29 is 4.74 Å². The predicted octanol–water partition coefficient (Wildman–Crippen LogP) is 3.68. The smallest absolute Gasteiger partial charge is 0.191 e. The zero-order valence-corrected chi connectivity index (χ0v) is 17.5. The topological polar surface area (TPSA) is 48.9 Å². The summed E-state index contributed by atoms with van der Waals surface area (Å²) in [7, 11) is 1.85. The van der Waals surface area contributed by atoms with E-state index in [4.69, 9.17) is 4.74 Å². The third-order valence-corrected chi connectivity index (χ3v) is 5.28. The molecule has 2 aromatic carbocycles. The normalized spacial score (nSPS) is 15.8. The van der Waals surface area contributed by atoms with Gasteiger partial charge in [0.05, 0.1) is 6.61 Å². The van der Waals surface area contributed by atoms with Crippen LogP contribution in [0.2, 0.25) is 0 Å². The molecule has 156 valence electrons. The lowest BCUT2D eigenvalue weighted by Crippen LogP contribution is -2.48. The minimum absolute atomic E-state index is 0.495. The quantitative estimate of drug-likeness (QED) is 0.387. The molecular weight excluding hydrogens is 360 g/mol. The van der Waals surface area contributed by atoms with Crippen molar-refractivity contribution in [1.29, 1.82) is 0 Å². The van der Waals surface area contributed by atoms with Crippen molar-refractivity contribution >= 4 is 5.96 Å². The van der Waals surface area contributed by atoms with E-state index in [0.29, 0.717) is 6.04 Å². The second kappa shape index (κ2) is 12.1. The molecule has 3 rings (SSSR count). The lowest BCUT2D eigenvalue weighted by atomic mass is 10.0. The van der Waals surface area contributed by atoms with E-state index in [0.717, 1.165) is 70.2 Å². The maximum absolute atomic E-state index is 5.74. The van der Waals surface area contributed by atoms with Crippen LogP contribution in [0.3, 0.4) is 0 Å². The van der Waals surface area contributed by atoms with Gasteiger partial charge in [-0.2, -0.15) is 0 Å². The lowest BCUT2D eigenvalue weighted by molar-refractivity contribution is 0.198. The van der Waals surface area contributed by atoms with Crippen LogP contribution in [0.1, 0.15) is 31.2 Å². The highest BCUT2D eigenvalue weighted by Crippen LogP contribution is 2.14. The summed E-state index contributed by atoms with van der Waals surface area (Å²) < 4.78 is 5.74. The lowest BCUT2D eigenvalue weighted by Gasteiger charge is -2.33. The molecule has 0 radical (unpaired) electrons. The summed E-state index contributed by atoms with van der Waals surface area (Å²) in [6.45, 7) is 4.95. The summed E-state index contributed by atoms with van der Waals surface area (Å²) in [5.41, 5.74) is 1.40. The Labute approximate surface area is 175 Å². The third-order valence-electron chi connectivity index (χ3n) is 5.28. The molecule has 0 bridgehead atoms. The molecule has 1 saturated heterocycles. The van der Waals surface area contributed by atoms with Gasteiger partial charge in [0, 0.05) is 39.3 Å².